The summed E-state index contributed by atoms with van der Waals surface area (Å²) in [4.78, 5) is 12.6. The van der Waals surface area contributed by atoms with Crippen LogP contribution >= 0.6 is 0 Å². The Balaban J connectivity index is 1.22. The summed E-state index contributed by atoms with van der Waals surface area (Å²) in [5, 5.41) is 47.3. The Bertz CT molecular complexity index is 1230. The third kappa shape index (κ3) is 8.57. The number of carbonyl (C=O) groups is 1. The van der Waals surface area contributed by atoms with Gasteiger partial charge < -0.3 is 39.4 Å². The van der Waals surface area contributed by atoms with Crippen LogP contribution in [-0.4, -0.2) is 91.9 Å². The van der Waals surface area contributed by atoms with Crippen LogP contribution in [0.2, 0.25) is 0 Å². The lowest BCUT2D eigenvalue weighted by Gasteiger charge is -2.39. The molecule has 0 spiro atoms. The minimum atomic E-state index is -1.50. The molecule has 5 atom stereocenters. The number of ether oxygens (including phenoxy) is 4. The molecule has 0 bridgehead atoms. The molecule has 0 unspecified atom stereocenters. The van der Waals surface area contributed by atoms with Crippen LogP contribution in [0.1, 0.15) is 49.4 Å². The third-order valence-electron chi connectivity index (χ3n) is 6.96. The smallest absolute Gasteiger partial charge is 0.343 e. The summed E-state index contributed by atoms with van der Waals surface area (Å²) in [7, 11) is 0. The first-order valence-corrected chi connectivity index (χ1v) is 14.3. The Morgan fingerprint density at radius 1 is 0.905 bits per heavy atom. The monoisotopic (exact) mass is 585 g/mol. The van der Waals surface area contributed by atoms with Crippen LogP contribution in [0.4, 0.5) is 0 Å². The van der Waals surface area contributed by atoms with Gasteiger partial charge in [-0.05, 0) is 55.0 Å². The lowest BCUT2D eigenvalue weighted by atomic mass is 9.99. The van der Waals surface area contributed by atoms with E-state index in [4.69, 9.17) is 18.9 Å². The van der Waals surface area contributed by atoms with Gasteiger partial charge in [-0.3, -0.25) is 0 Å². The normalized spacial score (nSPS) is 22.2. The van der Waals surface area contributed by atoms with Gasteiger partial charge in [0.1, 0.15) is 41.6 Å². The van der Waals surface area contributed by atoms with Gasteiger partial charge in [0.05, 0.1) is 38.1 Å². The molecule has 42 heavy (non-hydrogen) atoms. The van der Waals surface area contributed by atoms with E-state index < -0.39 is 43.3 Å². The van der Waals surface area contributed by atoms with Crippen LogP contribution in [0.25, 0.3) is 11.3 Å². The van der Waals surface area contributed by atoms with Gasteiger partial charge in [-0.1, -0.05) is 37.8 Å². The fourth-order valence-electron chi connectivity index (χ4n) is 4.45. The molecular weight excluding hydrogens is 546 g/mol. The molecule has 2 heterocycles. The van der Waals surface area contributed by atoms with Crippen LogP contribution in [-0.2, 0) is 16.0 Å². The zero-order valence-electron chi connectivity index (χ0n) is 23.6. The number of aliphatic hydroxyl groups is 4. The van der Waals surface area contributed by atoms with Crippen LogP contribution in [0.15, 0.2) is 54.7 Å². The van der Waals surface area contributed by atoms with E-state index in [9.17, 15) is 25.2 Å². The van der Waals surface area contributed by atoms with Crippen molar-refractivity contribution in [3.05, 3.63) is 60.3 Å². The van der Waals surface area contributed by atoms with Crippen molar-refractivity contribution < 1.29 is 44.2 Å². The highest BCUT2D eigenvalue weighted by Crippen LogP contribution is 2.23. The average Bonchev–Trinajstić information content (AvgIpc) is 3.48. The van der Waals surface area contributed by atoms with Gasteiger partial charge in [-0.2, -0.15) is 0 Å². The lowest BCUT2D eigenvalue weighted by Crippen LogP contribution is -2.59. The summed E-state index contributed by atoms with van der Waals surface area (Å²) in [6.07, 6.45) is 0.873. The van der Waals surface area contributed by atoms with E-state index in [0.29, 0.717) is 23.6 Å². The van der Waals surface area contributed by atoms with Gasteiger partial charge in [0.15, 0.2) is 6.29 Å². The van der Waals surface area contributed by atoms with E-state index in [-0.39, 0.29) is 13.2 Å². The number of benzene rings is 2. The SMILES string of the molecule is CCCCCCCOc1ccc(C(=O)Oc2ccc(-c3cn(CCO[C@@H]4O[C@H](CO)[C@H](O)[C@H](O)[C@H]4O)nn3)cc2)cc1. The van der Waals surface area contributed by atoms with Gasteiger partial charge >= 0.3 is 5.97 Å². The summed E-state index contributed by atoms with van der Waals surface area (Å²) in [5.41, 5.74) is 1.76. The number of aromatic nitrogens is 3. The molecule has 1 saturated heterocycles. The van der Waals surface area contributed by atoms with Crippen molar-refractivity contribution in [2.24, 2.45) is 0 Å². The minimum Gasteiger partial charge on any atom is -0.494 e. The Hall–Kier alpha value is -3.39. The van der Waals surface area contributed by atoms with Gasteiger partial charge in [0.25, 0.3) is 0 Å². The maximum atomic E-state index is 12.6. The van der Waals surface area contributed by atoms with Crippen LogP contribution in [0, 0.1) is 0 Å². The predicted molar refractivity (Wildman–Crippen MR) is 151 cm³/mol. The van der Waals surface area contributed by atoms with E-state index in [1.54, 1.807) is 54.7 Å². The molecule has 0 amide bonds. The summed E-state index contributed by atoms with van der Waals surface area (Å²) < 4.78 is 23.6. The summed E-state index contributed by atoms with van der Waals surface area (Å²) in [5.74, 6) is 0.635. The van der Waals surface area contributed by atoms with Crippen LogP contribution < -0.4 is 9.47 Å². The molecule has 1 aliphatic rings. The number of unbranched alkanes of at least 4 members (excludes halogenated alkanes) is 4. The van der Waals surface area contributed by atoms with Crippen molar-refractivity contribution in [2.75, 3.05) is 19.8 Å². The second kappa shape index (κ2) is 15.7. The molecule has 12 heteroatoms. The van der Waals surface area contributed by atoms with Gasteiger partial charge in [0, 0.05) is 5.56 Å². The second-order valence-corrected chi connectivity index (χ2v) is 10.1. The number of aliphatic hydroxyl groups excluding tert-OH is 4. The molecule has 228 valence electrons. The topological polar surface area (TPSA) is 166 Å². The number of hydrogen-bond acceptors (Lipinski definition) is 11. The molecule has 1 aromatic heterocycles. The Morgan fingerprint density at radius 3 is 2.33 bits per heavy atom. The fourth-order valence-corrected chi connectivity index (χ4v) is 4.45. The first-order valence-electron chi connectivity index (χ1n) is 14.3. The van der Waals surface area contributed by atoms with E-state index in [1.807, 2.05) is 0 Å². The number of rotatable bonds is 15. The van der Waals surface area contributed by atoms with E-state index >= 15 is 0 Å². The summed E-state index contributed by atoms with van der Waals surface area (Å²) in [6.45, 7) is 2.64. The molecule has 1 aliphatic heterocycles. The Labute approximate surface area is 244 Å². The second-order valence-electron chi connectivity index (χ2n) is 10.1. The molecule has 4 rings (SSSR count). The quantitative estimate of drug-likeness (QED) is 0.117. The van der Waals surface area contributed by atoms with E-state index in [1.165, 1.54) is 23.9 Å². The van der Waals surface area contributed by atoms with Crippen LogP contribution in [0.5, 0.6) is 11.5 Å². The number of nitrogens with zero attached hydrogens (tertiary/aromatic N) is 3. The van der Waals surface area contributed by atoms with E-state index in [2.05, 4.69) is 17.2 Å². The van der Waals surface area contributed by atoms with Crippen molar-refractivity contribution in [2.45, 2.75) is 76.3 Å². The number of esters is 1. The fraction of sp³-hybridized carbons (Fsp3) is 0.500. The largest absolute Gasteiger partial charge is 0.494 e. The Morgan fingerprint density at radius 2 is 1.62 bits per heavy atom. The summed E-state index contributed by atoms with van der Waals surface area (Å²) >= 11 is 0. The first-order chi connectivity index (χ1) is 20.4. The molecule has 0 saturated carbocycles. The third-order valence-corrected chi connectivity index (χ3v) is 6.96. The maximum absolute atomic E-state index is 12.6. The van der Waals surface area contributed by atoms with Crippen molar-refractivity contribution in [3.8, 4) is 22.8 Å². The molecule has 12 nitrogen and oxygen atoms in total. The summed E-state index contributed by atoms with van der Waals surface area (Å²) in [6, 6.07) is 13.8. The van der Waals surface area contributed by atoms with Gasteiger partial charge in [-0.25, -0.2) is 9.48 Å². The first kappa shape index (κ1) is 31.5. The zero-order valence-corrected chi connectivity index (χ0v) is 23.6. The average molecular weight is 586 g/mol. The Kier molecular flexibility index (Phi) is 11.8. The molecule has 0 radical (unpaired) electrons. The predicted octanol–water partition coefficient (Wildman–Crippen LogP) is 2.33. The molecule has 0 aliphatic carbocycles. The van der Waals surface area contributed by atoms with E-state index in [0.717, 1.165) is 24.2 Å². The highest BCUT2D eigenvalue weighted by molar-refractivity contribution is 5.91. The molecular formula is C30H39N3O9. The van der Waals surface area contributed by atoms with Gasteiger partial charge in [-0.15, -0.1) is 5.10 Å². The van der Waals surface area contributed by atoms with Crippen molar-refractivity contribution in [3.63, 3.8) is 0 Å². The van der Waals surface area contributed by atoms with Crippen LogP contribution in [0.3, 0.4) is 0 Å². The molecule has 2 aromatic carbocycles. The van der Waals surface area contributed by atoms with Gasteiger partial charge in [0.2, 0.25) is 0 Å². The highest BCUT2D eigenvalue weighted by Gasteiger charge is 2.43. The molecule has 1 fully saturated rings. The van der Waals surface area contributed by atoms with Crippen molar-refractivity contribution in [1.29, 1.82) is 0 Å². The number of carbonyl (C=O) groups excluding carboxylic acids is 1. The molecule has 4 N–H and O–H groups in total. The van der Waals surface area contributed by atoms with Crippen molar-refractivity contribution >= 4 is 5.97 Å². The highest BCUT2D eigenvalue weighted by atomic mass is 16.7. The maximum Gasteiger partial charge on any atom is 0.343 e. The zero-order chi connectivity index (χ0) is 29.9. The minimum absolute atomic E-state index is 0.0620. The lowest BCUT2D eigenvalue weighted by molar-refractivity contribution is -0.301. The standard InChI is InChI=1S/C30H39N3O9/c1-2-3-4-5-6-16-39-22-11-9-21(10-12-22)29(38)41-23-13-7-20(8-14-23)24-18-33(32-31-24)15-17-40-30-28(37)27(36)26(35)25(19-34)42-30/h7-14,18,25-28,30,34-37H,2-6,15-17,19H2,1H3/t25-,26+,27+,28-,30-/m1/s1. The van der Waals surface area contributed by atoms with Crippen molar-refractivity contribution in [1.82, 2.24) is 15.0 Å². The molecule has 3 aromatic rings. The number of hydrogen-bond donors (Lipinski definition) is 4.